The highest BCUT2D eigenvalue weighted by Gasteiger charge is 2.33. The lowest BCUT2D eigenvalue weighted by Crippen LogP contribution is -2.48. The lowest BCUT2D eigenvalue weighted by molar-refractivity contribution is -0.137. The largest absolute Gasteiger partial charge is 0.457 e. The van der Waals surface area contributed by atoms with Gasteiger partial charge in [-0.2, -0.15) is 0 Å². The summed E-state index contributed by atoms with van der Waals surface area (Å²) in [6.07, 6.45) is 6.55. The van der Waals surface area contributed by atoms with E-state index in [0.717, 1.165) is 18.4 Å². The van der Waals surface area contributed by atoms with Gasteiger partial charge in [-0.15, -0.1) is 0 Å². The van der Waals surface area contributed by atoms with E-state index in [1.807, 2.05) is 6.92 Å². The first-order chi connectivity index (χ1) is 13.8. The summed E-state index contributed by atoms with van der Waals surface area (Å²) in [5, 5.41) is 15.7. The molecule has 0 aliphatic heterocycles. The van der Waals surface area contributed by atoms with Gasteiger partial charge in [-0.1, -0.05) is 19.8 Å². The van der Waals surface area contributed by atoms with Crippen molar-refractivity contribution >= 4 is 17.5 Å². The zero-order valence-electron chi connectivity index (χ0n) is 16.8. The highest BCUT2D eigenvalue weighted by Crippen LogP contribution is 2.31. The number of anilines is 1. The van der Waals surface area contributed by atoms with Crippen LogP contribution in [0.3, 0.4) is 0 Å². The fourth-order valence-corrected chi connectivity index (χ4v) is 3.68. The van der Waals surface area contributed by atoms with Gasteiger partial charge in [0.25, 0.3) is 0 Å². The van der Waals surface area contributed by atoms with Gasteiger partial charge in [-0.25, -0.2) is 0 Å². The normalized spacial score (nSPS) is 21.3. The number of carbonyl (C=O) groups excluding carboxylic acids is 2. The van der Waals surface area contributed by atoms with Gasteiger partial charge in [-0.05, 0) is 61.6 Å². The van der Waals surface area contributed by atoms with Crippen LogP contribution in [0.4, 0.5) is 5.69 Å². The molecule has 2 atom stereocenters. The van der Waals surface area contributed by atoms with Crippen molar-refractivity contribution in [3.8, 4) is 11.5 Å². The Kier molecular flexibility index (Phi) is 6.49. The number of aromatic nitrogens is 1. The molecule has 2 aromatic rings. The summed E-state index contributed by atoms with van der Waals surface area (Å²) in [6.45, 7) is 4.02. The van der Waals surface area contributed by atoms with Crippen LogP contribution in [-0.2, 0) is 9.59 Å². The molecular formula is C22H27N3O4. The fraction of sp³-hybridized carbons (Fsp3) is 0.409. The number of amides is 2. The first-order valence-corrected chi connectivity index (χ1v) is 9.85. The molecule has 1 heterocycles. The van der Waals surface area contributed by atoms with E-state index < -0.39 is 17.4 Å². The average Bonchev–Trinajstić information content (AvgIpc) is 2.69. The van der Waals surface area contributed by atoms with Crippen LogP contribution in [-0.4, -0.2) is 34.1 Å². The predicted molar refractivity (Wildman–Crippen MR) is 110 cm³/mol. The molecule has 1 fully saturated rings. The maximum absolute atomic E-state index is 12.2. The van der Waals surface area contributed by atoms with Gasteiger partial charge in [0.1, 0.15) is 11.5 Å². The van der Waals surface area contributed by atoms with Crippen LogP contribution in [0.1, 0.15) is 38.2 Å². The molecule has 7 nitrogen and oxygen atoms in total. The number of benzene rings is 1. The van der Waals surface area contributed by atoms with Crippen LogP contribution in [0.25, 0.3) is 0 Å². The Hall–Kier alpha value is -2.93. The van der Waals surface area contributed by atoms with Crippen molar-refractivity contribution in [2.45, 2.75) is 45.1 Å². The molecule has 0 saturated heterocycles. The molecule has 3 N–H and O–H groups in total. The molecule has 0 radical (unpaired) electrons. The standard InChI is InChI=1S/C22H27N3O4/c1-15-4-3-9-22(28,13-15)14-24-20(26)21(27)25-17-5-6-19(16(2)12-17)29-18-7-10-23-11-8-18/h5-8,10-12,15,28H,3-4,9,13-14H2,1-2H3,(H,24,26)(H,25,27). The Balaban J connectivity index is 1.54. The molecule has 1 aromatic carbocycles. The van der Waals surface area contributed by atoms with E-state index in [1.54, 1.807) is 42.7 Å². The Morgan fingerprint density at radius 2 is 2.00 bits per heavy atom. The number of aliphatic hydroxyl groups is 1. The number of hydrogen-bond acceptors (Lipinski definition) is 5. The minimum atomic E-state index is -0.934. The number of ether oxygens (including phenoxy) is 1. The molecule has 0 spiro atoms. The second kappa shape index (κ2) is 9.05. The van der Waals surface area contributed by atoms with E-state index in [2.05, 4.69) is 22.5 Å². The molecule has 2 amide bonds. The zero-order chi connectivity index (χ0) is 20.9. The summed E-state index contributed by atoms with van der Waals surface area (Å²) in [7, 11) is 0. The van der Waals surface area contributed by atoms with Gasteiger partial charge in [0.15, 0.2) is 0 Å². The first-order valence-electron chi connectivity index (χ1n) is 9.85. The second-order valence-corrected chi connectivity index (χ2v) is 7.83. The van der Waals surface area contributed by atoms with Crippen LogP contribution in [0, 0.1) is 12.8 Å². The molecular weight excluding hydrogens is 370 g/mol. The number of nitrogens with zero attached hydrogens (tertiary/aromatic N) is 1. The van der Waals surface area contributed by atoms with Gasteiger partial charge < -0.3 is 20.5 Å². The molecule has 154 valence electrons. The smallest absolute Gasteiger partial charge is 0.313 e. The van der Waals surface area contributed by atoms with E-state index in [-0.39, 0.29) is 6.54 Å². The van der Waals surface area contributed by atoms with E-state index in [4.69, 9.17) is 4.74 Å². The van der Waals surface area contributed by atoms with Crippen LogP contribution in [0.15, 0.2) is 42.7 Å². The maximum Gasteiger partial charge on any atom is 0.313 e. The van der Waals surface area contributed by atoms with Crippen molar-refractivity contribution in [1.82, 2.24) is 10.3 Å². The third-order valence-corrected chi connectivity index (χ3v) is 5.16. The predicted octanol–water partition coefficient (Wildman–Crippen LogP) is 3.18. The van der Waals surface area contributed by atoms with E-state index in [9.17, 15) is 14.7 Å². The molecule has 29 heavy (non-hydrogen) atoms. The van der Waals surface area contributed by atoms with Crippen molar-refractivity contribution in [2.24, 2.45) is 5.92 Å². The molecule has 1 aromatic heterocycles. The fourth-order valence-electron chi connectivity index (χ4n) is 3.68. The Morgan fingerprint density at radius 3 is 2.69 bits per heavy atom. The summed E-state index contributed by atoms with van der Waals surface area (Å²) in [4.78, 5) is 28.3. The number of aryl methyl sites for hydroxylation is 1. The van der Waals surface area contributed by atoms with Crippen molar-refractivity contribution in [2.75, 3.05) is 11.9 Å². The Bertz CT molecular complexity index is 872. The van der Waals surface area contributed by atoms with Crippen molar-refractivity contribution in [1.29, 1.82) is 0 Å². The van der Waals surface area contributed by atoms with Crippen molar-refractivity contribution in [3.63, 3.8) is 0 Å². The lowest BCUT2D eigenvalue weighted by Gasteiger charge is -2.35. The van der Waals surface area contributed by atoms with Gasteiger partial charge in [0.2, 0.25) is 0 Å². The molecule has 1 aliphatic carbocycles. The van der Waals surface area contributed by atoms with Crippen LogP contribution in [0.2, 0.25) is 0 Å². The van der Waals surface area contributed by atoms with Gasteiger partial charge >= 0.3 is 11.8 Å². The van der Waals surface area contributed by atoms with Crippen LogP contribution >= 0.6 is 0 Å². The minimum absolute atomic E-state index is 0.0847. The van der Waals surface area contributed by atoms with Gasteiger partial charge in [0.05, 0.1) is 5.60 Å². The van der Waals surface area contributed by atoms with E-state index in [0.29, 0.717) is 35.9 Å². The molecule has 2 unspecified atom stereocenters. The van der Waals surface area contributed by atoms with Crippen LogP contribution in [0.5, 0.6) is 11.5 Å². The molecule has 0 bridgehead atoms. The number of rotatable bonds is 5. The third-order valence-electron chi connectivity index (χ3n) is 5.16. The first kappa shape index (κ1) is 20.8. The Labute approximate surface area is 170 Å². The highest BCUT2D eigenvalue weighted by molar-refractivity contribution is 6.39. The quantitative estimate of drug-likeness (QED) is 0.673. The molecule has 1 saturated carbocycles. The number of carbonyl (C=O) groups is 2. The van der Waals surface area contributed by atoms with Crippen LogP contribution < -0.4 is 15.4 Å². The lowest BCUT2D eigenvalue weighted by atomic mass is 9.79. The number of nitrogens with one attached hydrogen (secondary N) is 2. The van der Waals surface area contributed by atoms with Crippen molar-refractivity contribution < 1.29 is 19.4 Å². The summed E-state index contributed by atoms with van der Waals surface area (Å²) in [6, 6.07) is 8.64. The summed E-state index contributed by atoms with van der Waals surface area (Å²) in [5.74, 6) is 0.197. The Morgan fingerprint density at radius 1 is 1.24 bits per heavy atom. The topological polar surface area (TPSA) is 101 Å². The average molecular weight is 397 g/mol. The molecule has 1 aliphatic rings. The van der Waals surface area contributed by atoms with Gasteiger partial charge in [0, 0.05) is 24.6 Å². The van der Waals surface area contributed by atoms with Gasteiger partial charge in [-0.3, -0.25) is 14.6 Å². The third kappa shape index (κ3) is 5.77. The number of pyridine rings is 1. The minimum Gasteiger partial charge on any atom is -0.457 e. The maximum atomic E-state index is 12.2. The highest BCUT2D eigenvalue weighted by atomic mass is 16.5. The summed E-state index contributed by atoms with van der Waals surface area (Å²) < 4.78 is 5.78. The second-order valence-electron chi connectivity index (χ2n) is 7.83. The van der Waals surface area contributed by atoms with Crippen molar-refractivity contribution in [3.05, 3.63) is 48.3 Å². The number of hydrogen-bond donors (Lipinski definition) is 3. The summed E-state index contributed by atoms with van der Waals surface area (Å²) >= 11 is 0. The zero-order valence-corrected chi connectivity index (χ0v) is 16.8. The monoisotopic (exact) mass is 397 g/mol. The molecule has 3 rings (SSSR count). The summed E-state index contributed by atoms with van der Waals surface area (Å²) in [5.41, 5.74) is 0.371. The SMILES string of the molecule is Cc1cc(NC(=O)C(=O)NCC2(O)CCCC(C)C2)ccc1Oc1ccncc1. The van der Waals surface area contributed by atoms with E-state index in [1.165, 1.54) is 0 Å². The molecule has 7 heteroatoms. The van der Waals surface area contributed by atoms with E-state index >= 15 is 0 Å².